The second-order valence-electron chi connectivity index (χ2n) is 7.76. The molecule has 0 radical (unpaired) electrons. The van der Waals surface area contributed by atoms with E-state index in [4.69, 9.17) is 17.3 Å². The number of carboxylic acid groups (broad SMARTS) is 1. The highest BCUT2D eigenvalue weighted by atomic mass is 32.2. The Morgan fingerprint density at radius 3 is 2.50 bits per heavy atom. The lowest BCUT2D eigenvalue weighted by Crippen LogP contribution is -2.47. The summed E-state index contributed by atoms with van der Waals surface area (Å²) in [7, 11) is 2.04. The Morgan fingerprint density at radius 2 is 1.94 bits per heavy atom. The standard InChI is InChI=1S/C21H25N5O4S2/c1-4-5-25-18(24-8-6-23(3)7-9-24)14(13(2)15(11-22)19(25)29)10-16-20(30)26(12-17(27)28)21(31)32-16/h10H,4-9,12H2,1-3H3,(H,27,28)/b16-10-. The maximum absolute atomic E-state index is 13.1. The molecule has 2 aliphatic rings. The number of amides is 1. The highest BCUT2D eigenvalue weighted by Crippen LogP contribution is 2.36. The van der Waals surface area contributed by atoms with Crippen LogP contribution in [0.15, 0.2) is 9.70 Å². The van der Waals surface area contributed by atoms with Crippen molar-refractivity contribution in [2.45, 2.75) is 26.8 Å². The van der Waals surface area contributed by atoms with Gasteiger partial charge in [-0.25, -0.2) is 0 Å². The van der Waals surface area contributed by atoms with Gasteiger partial charge in [0.2, 0.25) is 0 Å². The summed E-state index contributed by atoms with van der Waals surface area (Å²) in [5.41, 5.74) is 0.831. The maximum atomic E-state index is 13.1. The number of carboxylic acids is 1. The molecule has 0 aliphatic carbocycles. The minimum Gasteiger partial charge on any atom is -0.480 e. The van der Waals surface area contributed by atoms with Gasteiger partial charge in [0.05, 0.1) is 4.91 Å². The topological polar surface area (TPSA) is 110 Å². The molecule has 170 valence electrons. The first kappa shape index (κ1) is 24.0. The molecule has 3 rings (SSSR count). The number of anilines is 1. The molecule has 0 aromatic carbocycles. The molecule has 32 heavy (non-hydrogen) atoms. The summed E-state index contributed by atoms with van der Waals surface area (Å²) in [6.07, 6.45) is 2.35. The summed E-state index contributed by atoms with van der Waals surface area (Å²) in [5.74, 6) is -0.956. The molecule has 11 heteroatoms. The van der Waals surface area contributed by atoms with E-state index in [0.717, 1.165) is 29.8 Å². The van der Waals surface area contributed by atoms with Crippen LogP contribution in [-0.4, -0.2) is 75.4 Å². The van der Waals surface area contributed by atoms with Crippen molar-refractivity contribution in [2.75, 3.05) is 44.7 Å². The van der Waals surface area contributed by atoms with Crippen LogP contribution in [0.2, 0.25) is 0 Å². The molecule has 0 unspecified atom stereocenters. The number of rotatable bonds is 6. The van der Waals surface area contributed by atoms with Crippen molar-refractivity contribution in [1.82, 2.24) is 14.4 Å². The predicted molar refractivity (Wildman–Crippen MR) is 128 cm³/mol. The lowest BCUT2D eigenvalue weighted by atomic mass is 10.0. The number of likely N-dealkylation sites (N-methyl/N-ethyl adjacent to an activating group) is 1. The first-order valence-electron chi connectivity index (χ1n) is 10.3. The van der Waals surface area contributed by atoms with E-state index in [-0.39, 0.29) is 20.3 Å². The van der Waals surface area contributed by atoms with Crippen LogP contribution in [0.1, 0.15) is 30.0 Å². The molecular weight excluding hydrogens is 450 g/mol. The Kier molecular flexibility index (Phi) is 7.38. The van der Waals surface area contributed by atoms with Crippen LogP contribution in [0.5, 0.6) is 0 Å². The fourth-order valence-electron chi connectivity index (χ4n) is 3.84. The van der Waals surface area contributed by atoms with Crippen LogP contribution < -0.4 is 10.5 Å². The molecular formula is C21H25N5O4S2. The van der Waals surface area contributed by atoms with Crippen LogP contribution in [0.3, 0.4) is 0 Å². The number of carbonyl (C=O) groups excluding carboxylic acids is 1. The summed E-state index contributed by atoms with van der Waals surface area (Å²) in [5, 5.41) is 18.8. The van der Waals surface area contributed by atoms with Crippen LogP contribution in [0.4, 0.5) is 5.82 Å². The number of nitrogens with zero attached hydrogens (tertiary/aromatic N) is 5. The lowest BCUT2D eigenvalue weighted by molar-refractivity contribution is -0.140. The highest BCUT2D eigenvalue weighted by Gasteiger charge is 2.34. The maximum Gasteiger partial charge on any atom is 0.323 e. The van der Waals surface area contributed by atoms with Gasteiger partial charge in [0.15, 0.2) is 0 Å². The zero-order valence-electron chi connectivity index (χ0n) is 18.3. The largest absolute Gasteiger partial charge is 0.480 e. The van der Waals surface area contributed by atoms with E-state index in [1.54, 1.807) is 17.6 Å². The SMILES string of the molecule is CCCn1c(N2CCN(C)CC2)c(/C=C2\SC(=S)N(CC(=O)O)C2=O)c(C)c(C#N)c1=O. The Hall–Kier alpha value is -2.68. The van der Waals surface area contributed by atoms with Crippen molar-refractivity contribution in [3.63, 3.8) is 0 Å². The third kappa shape index (κ3) is 4.57. The third-order valence-corrected chi connectivity index (χ3v) is 6.92. The number of piperazine rings is 1. The molecule has 2 aliphatic heterocycles. The molecule has 3 heterocycles. The van der Waals surface area contributed by atoms with Crippen molar-refractivity contribution in [1.29, 1.82) is 5.26 Å². The Balaban J connectivity index is 2.21. The number of hydrogen-bond donors (Lipinski definition) is 1. The number of aliphatic carboxylic acids is 1. The van der Waals surface area contributed by atoms with E-state index in [9.17, 15) is 19.6 Å². The summed E-state index contributed by atoms with van der Waals surface area (Å²) >= 11 is 6.24. The number of thioether (sulfide) groups is 1. The van der Waals surface area contributed by atoms with Crippen molar-refractivity contribution in [2.24, 2.45) is 0 Å². The van der Waals surface area contributed by atoms with Crippen molar-refractivity contribution < 1.29 is 14.7 Å². The summed E-state index contributed by atoms with van der Waals surface area (Å²) in [4.78, 5) is 42.8. The van der Waals surface area contributed by atoms with Crippen LogP contribution in [0.25, 0.3) is 6.08 Å². The van der Waals surface area contributed by atoms with Gasteiger partial charge in [-0.3, -0.25) is 23.9 Å². The highest BCUT2D eigenvalue weighted by molar-refractivity contribution is 8.26. The Bertz CT molecular complexity index is 1100. The van der Waals surface area contributed by atoms with E-state index in [2.05, 4.69) is 9.80 Å². The van der Waals surface area contributed by atoms with Crippen molar-refractivity contribution >= 4 is 52.1 Å². The van der Waals surface area contributed by atoms with Gasteiger partial charge >= 0.3 is 5.97 Å². The van der Waals surface area contributed by atoms with Gasteiger partial charge < -0.3 is 14.9 Å². The molecule has 9 nitrogen and oxygen atoms in total. The first-order valence-corrected chi connectivity index (χ1v) is 11.5. The van der Waals surface area contributed by atoms with E-state index < -0.39 is 18.4 Å². The summed E-state index contributed by atoms with van der Waals surface area (Å²) in [6.45, 7) is 6.64. The molecule has 1 aromatic rings. The number of thiocarbonyl (C=S) groups is 1. The van der Waals surface area contributed by atoms with Gasteiger partial charge in [-0.05, 0) is 32.0 Å². The molecule has 0 atom stereocenters. The van der Waals surface area contributed by atoms with Gasteiger partial charge in [0.1, 0.15) is 28.3 Å². The molecule has 0 spiro atoms. The van der Waals surface area contributed by atoms with Crippen molar-refractivity contribution in [3.05, 3.63) is 31.9 Å². The van der Waals surface area contributed by atoms with Gasteiger partial charge in [-0.15, -0.1) is 0 Å². The molecule has 2 saturated heterocycles. The zero-order chi connectivity index (χ0) is 23.6. The average Bonchev–Trinajstić information content (AvgIpc) is 3.00. The van der Waals surface area contributed by atoms with E-state index in [1.807, 2.05) is 20.0 Å². The van der Waals surface area contributed by atoms with Crippen LogP contribution >= 0.6 is 24.0 Å². The van der Waals surface area contributed by atoms with E-state index in [1.165, 1.54) is 0 Å². The minimum absolute atomic E-state index is 0.0450. The number of carbonyl (C=O) groups is 2. The zero-order valence-corrected chi connectivity index (χ0v) is 19.9. The van der Waals surface area contributed by atoms with Gasteiger partial charge in [-0.1, -0.05) is 30.9 Å². The first-order chi connectivity index (χ1) is 15.2. The fraction of sp³-hybridized carbons (Fsp3) is 0.476. The fourth-order valence-corrected chi connectivity index (χ4v) is 5.07. The third-order valence-electron chi connectivity index (χ3n) is 5.54. The predicted octanol–water partition coefficient (Wildman–Crippen LogP) is 1.48. The lowest BCUT2D eigenvalue weighted by Gasteiger charge is -2.36. The summed E-state index contributed by atoms with van der Waals surface area (Å²) < 4.78 is 1.80. The second kappa shape index (κ2) is 9.85. The van der Waals surface area contributed by atoms with Crippen molar-refractivity contribution in [3.8, 4) is 6.07 Å². The summed E-state index contributed by atoms with van der Waals surface area (Å²) in [6, 6.07) is 2.02. The van der Waals surface area contributed by atoms with Gasteiger partial charge in [0, 0.05) is 38.3 Å². The molecule has 0 saturated carbocycles. The number of nitriles is 1. The van der Waals surface area contributed by atoms with Crippen LogP contribution in [0, 0.1) is 18.3 Å². The monoisotopic (exact) mass is 475 g/mol. The molecule has 1 N–H and O–H groups in total. The van der Waals surface area contributed by atoms with E-state index >= 15 is 0 Å². The molecule has 0 bridgehead atoms. The van der Waals surface area contributed by atoms with Gasteiger partial charge in [-0.2, -0.15) is 5.26 Å². The van der Waals surface area contributed by atoms with Crippen LogP contribution in [-0.2, 0) is 16.1 Å². The number of aromatic nitrogens is 1. The quantitative estimate of drug-likeness (QED) is 0.483. The normalized spacial score (nSPS) is 18.5. The molecule has 2 fully saturated rings. The number of pyridine rings is 1. The Labute approximate surface area is 195 Å². The van der Waals surface area contributed by atoms with E-state index in [0.29, 0.717) is 43.0 Å². The Morgan fingerprint density at radius 1 is 1.28 bits per heavy atom. The minimum atomic E-state index is -1.15. The number of hydrogen-bond acceptors (Lipinski definition) is 8. The molecule has 1 aromatic heterocycles. The van der Waals surface area contributed by atoms with Gasteiger partial charge in [0.25, 0.3) is 11.5 Å². The average molecular weight is 476 g/mol. The smallest absolute Gasteiger partial charge is 0.323 e. The molecule has 1 amide bonds. The second-order valence-corrected chi connectivity index (χ2v) is 9.43.